The van der Waals surface area contributed by atoms with Crippen molar-refractivity contribution in [2.75, 3.05) is 16.8 Å². The predicted molar refractivity (Wildman–Crippen MR) is 165 cm³/mol. The summed E-state index contributed by atoms with van der Waals surface area (Å²) in [5.74, 6) is -1.04. The van der Waals surface area contributed by atoms with Crippen molar-refractivity contribution >= 4 is 31.4 Å². The molecule has 0 aromatic carbocycles. The maximum atomic E-state index is 14.4. The number of nitrogens with one attached hydrogen (secondary N) is 1. The Bertz CT molecular complexity index is 1830. The van der Waals surface area contributed by atoms with E-state index >= 15 is 0 Å². The van der Waals surface area contributed by atoms with Gasteiger partial charge in [0, 0.05) is 24.4 Å². The molecule has 2 amide bonds. The van der Waals surface area contributed by atoms with Crippen LogP contribution in [0.3, 0.4) is 0 Å². The van der Waals surface area contributed by atoms with Crippen LogP contribution in [-0.2, 0) is 16.4 Å². The average Bonchev–Trinajstić information content (AvgIpc) is 3.62. The van der Waals surface area contributed by atoms with Crippen molar-refractivity contribution in [2.24, 2.45) is 0 Å². The number of alkyl halides is 5. The molecule has 0 saturated heterocycles. The minimum absolute atomic E-state index is 0.0223. The zero-order valence-corrected chi connectivity index (χ0v) is 28.2. The van der Waals surface area contributed by atoms with Gasteiger partial charge in [-0.1, -0.05) is 20.8 Å². The maximum Gasteiger partial charge on any atom is 0.401 e. The van der Waals surface area contributed by atoms with Crippen LogP contribution < -0.4 is 10.2 Å². The summed E-state index contributed by atoms with van der Waals surface area (Å²) in [7, 11) is -2.12. The van der Waals surface area contributed by atoms with Crippen LogP contribution in [0.15, 0.2) is 36.8 Å². The summed E-state index contributed by atoms with van der Waals surface area (Å²) in [6, 6.07) is 2.35. The number of carbonyl (C=O) groups is 1. The summed E-state index contributed by atoms with van der Waals surface area (Å²) in [4.78, 5) is 22.2. The quantitative estimate of drug-likeness (QED) is 0.158. The van der Waals surface area contributed by atoms with Crippen LogP contribution in [0, 0.1) is 5.95 Å². The molecule has 17 heteroatoms. The fraction of sp³-hybridized carbons (Fsp3) is 0.500. The zero-order chi connectivity index (χ0) is 34.9. The van der Waals surface area contributed by atoms with Crippen molar-refractivity contribution in [2.45, 2.75) is 89.8 Å². The summed E-state index contributed by atoms with van der Waals surface area (Å²) in [5, 5.41) is 10.3. The first-order valence-corrected chi connectivity index (χ1v) is 17.7. The number of rotatable bonds is 7. The number of aromatic nitrogens is 6. The Labute approximate surface area is 268 Å². The van der Waals surface area contributed by atoms with Gasteiger partial charge in [-0.2, -0.15) is 22.7 Å². The van der Waals surface area contributed by atoms with E-state index in [-0.39, 0.29) is 33.4 Å². The molecule has 254 valence electrons. The number of nitrogens with zero attached hydrogens (tertiary/aromatic N) is 7. The van der Waals surface area contributed by atoms with Crippen molar-refractivity contribution < 1.29 is 35.6 Å². The van der Waals surface area contributed by atoms with Gasteiger partial charge < -0.3 is 9.74 Å². The highest BCUT2D eigenvalue weighted by atomic mass is 28.4. The average molecular weight is 683 g/mol. The monoisotopic (exact) mass is 682 g/mol. The molecule has 5 rings (SSSR count). The topological polar surface area (TPSA) is 102 Å². The molecule has 47 heavy (non-hydrogen) atoms. The van der Waals surface area contributed by atoms with Crippen LogP contribution >= 0.6 is 0 Å². The number of carbonyl (C=O) groups excluding carboxylic acids is 1. The summed E-state index contributed by atoms with van der Waals surface area (Å²) in [6.45, 7) is 14.9. The largest absolute Gasteiger partial charge is 0.410 e. The molecular formula is C30H36F6N8O2Si. The lowest BCUT2D eigenvalue weighted by molar-refractivity contribution is -0.181. The highest BCUT2D eigenvalue weighted by Crippen LogP contribution is 2.50. The van der Waals surface area contributed by atoms with Gasteiger partial charge in [0.05, 0.1) is 47.3 Å². The van der Waals surface area contributed by atoms with E-state index in [1.165, 1.54) is 0 Å². The first-order valence-electron chi connectivity index (χ1n) is 14.8. The van der Waals surface area contributed by atoms with Crippen LogP contribution in [0.5, 0.6) is 0 Å². The Morgan fingerprint density at radius 1 is 1.09 bits per heavy atom. The predicted octanol–water partition coefficient (Wildman–Crippen LogP) is 7.74. The van der Waals surface area contributed by atoms with Crippen LogP contribution in [0.2, 0.25) is 18.1 Å². The maximum absolute atomic E-state index is 14.4. The molecule has 4 aromatic rings. The van der Waals surface area contributed by atoms with E-state index in [9.17, 15) is 31.1 Å². The lowest BCUT2D eigenvalue weighted by Crippen LogP contribution is -2.49. The zero-order valence-electron chi connectivity index (χ0n) is 27.2. The van der Waals surface area contributed by atoms with Gasteiger partial charge in [-0.3, -0.25) is 14.6 Å². The Balaban J connectivity index is 1.40. The molecule has 0 bridgehead atoms. The number of urea groups is 1. The molecule has 0 fully saturated rings. The number of fused-ring (bicyclic) bond motifs is 3. The Morgan fingerprint density at radius 2 is 1.77 bits per heavy atom. The smallest absolute Gasteiger partial charge is 0.401 e. The molecule has 1 N–H and O–H groups in total. The minimum atomic E-state index is -4.87. The van der Waals surface area contributed by atoms with Gasteiger partial charge in [0.2, 0.25) is 5.95 Å². The summed E-state index contributed by atoms with van der Waals surface area (Å²) >= 11 is 0. The van der Waals surface area contributed by atoms with Crippen molar-refractivity contribution in [1.29, 1.82) is 0 Å². The Morgan fingerprint density at radius 3 is 2.38 bits per heavy atom. The molecule has 1 aliphatic heterocycles. The van der Waals surface area contributed by atoms with Gasteiger partial charge in [0.25, 0.3) is 6.43 Å². The lowest BCUT2D eigenvalue weighted by Gasteiger charge is -2.42. The summed E-state index contributed by atoms with van der Waals surface area (Å²) in [5.41, 5.74) is -4.84. The molecular weight excluding hydrogens is 646 g/mol. The molecule has 1 aliphatic rings. The number of halogens is 6. The Hall–Kier alpha value is -3.99. The molecule has 0 radical (unpaired) electrons. The fourth-order valence-electron chi connectivity index (χ4n) is 5.46. The third-order valence-electron chi connectivity index (χ3n) is 8.76. The lowest BCUT2D eigenvalue weighted by atomic mass is 9.88. The highest BCUT2D eigenvalue weighted by Gasteiger charge is 2.60. The normalized spacial score (nSPS) is 17.6. The number of anilines is 2. The van der Waals surface area contributed by atoms with Crippen LogP contribution in [-0.4, -0.2) is 62.0 Å². The molecule has 4 aromatic heterocycles. The van der Waals surface area contributed by atoms with E-state index in [0.29, 0.717) is 6.54 Å². The second-order valence-electron chi connectivity index (χ2n) is 14.1. The van der Waals surface area contributed by atoms with Gasteiger partial charge in [-0.15, -0.1) is 5.10 Å². The third-order valence-corrected chi connectivity index (χ3v) is 13.4. The molecule has 0 unspecified atom stereocenters. The minimum Gasteiger partial charge on any atom is -0.410 e. The van der Waals surface area contributed by atoms with E-state index in [1.807, 2.05) is 13.8 Å². The molecule has 5 heterocycles. The van der Waals surface area contributed by atoms with E-state index in [4.69, 9.17) is 4.43 Å². The van der Waals surface area contributed by atoms with E-state index < -0.39 is 61.7 Å². The molecule has 1 atom stereocenters. The van der Waals surface area contributed by atoms with Crippen LogP contribution in [0.25, 0.3) is 17.0 Å². The van der Waals surface area contributed by atoms with Gasteiger partial charge in [-0.25, -0.2) is 23.1 Å². The van der Waals surface area contributed by atoms with Gasteiger partial charge in [0.1, 0.15) is 11.1 Å². The van der Waals surface area contributed by atoms with Gasteiger partial charge in [-0.05, 0) is 51.0 Å². The first kappa shape index (κ1) is 34.3. The van der Waals surface area contributed by atoms with E-state index in [1.54, 1.807) is 16.9 Å². The van der Waals surface area contributed by atoms with E-state index in [0.717, 1.165) is 40.9 Å². The number of hydrogen-bond donors (Lipinski definition) is 1. The standard InChI is InChI=1S/C30H36F6N8O2Si/c1-27(2,3)47(7,8)46-28(4,5)15-42-10-9-19(40-42)23-18(25(32)33)11-17(13-38-23)39-26(45)43-16-29(6,30(34,35)36)24-20(43)14-37-22-12-21(31)41-44(22)24/h9-14,25H,15-16H2,1-8H3,(H,39,45)/t29-/m1/s1. The molecule has 0 spiro atoms. The molecule has 0 aliphatic carbocycles. The van der Waals surface area contributed by atoms with Gasteiger partial charge >= 0.3 is 12.2 Å². The first-order chi connectivity index (χ1) is 21.5. The van der Waals surface area contributed by atoms with Crippen LogP contribution in [0.1, 0.15) is 59.2 Å². The van der Waals surface area contributed by atoms with Crippen LogP contribution in [0.4, 0.5) is 42.5 Å². The Kier molecular flexibility index (Phi) is 8.27. The van der Waals surface area contributed by atoms with Crippen molar-refractivity contribution in [1.82, 2.24) is 29.4 Å². The summed E-state index contributed by atoms with van der Waals surface area (Å²) in [6.07, 6.45) is -4.12. The second kappa shape index (κ2) is 11.3. The van der Waals surface area contributed by atoms with Crippen molar-refractivity contribution in [3.63, 3.8) is 0 Å². The highest BCUT2D eigenvalue weighted by molar-refractivity contribution is 6.74. The molecule has 0 saturated carbocycles. The second-order valence-corrected chi connectivity index (χ2v) is 18.8. The number of amides is 2. The fourth-order valence-corrected chi connectivity index (χ4v) is 7.21. The third kappa shape index (κ3) is 6.34. The number of pyridine rings is 1. The number of hydrogen-bond acceptors (Lipinski definition) is 6. The SMILES string of the molecule is CC(C)(Cn1ccc(-c2ncc(NC(=O)N3C[C@@](C)(C(F)(F)F)c4c3cnc3cc(F)nn43)cc2C(F)F)n1)O[Si](C)(C)C(C)(C)C. The van der Waals surface area contributed by atoms with Crippen molar-refractivity contribution in [3.8, 4) is 11.4 Å². The van der Waals surface area contributed by atoms with E-state index in [2.05, 4.69) is 59.3 Å². The van der Waals surface area contributed by atoms with Crippen molar-refractivity contribution in [3.05, 3.63) is 54.0 Å². The molecule has 10 nitrogen and oxygen atoms in total. The van der Waals surface area contributed by atoms with Gasteiger partial charge in [0.15, 0.2) is 14.0 Å². The summed E-state index contributed by atoms with van der Waals surface area (Å²) < 4.78 is 94.4.